The van der Waals surface area contributed by atoms with Crippen LogP contribution in [0.1, 0.15) is 108 Å². The van der Waals surface area contributed by atoms with Crippen molar-refractivity contribution in [2.75, 3.05) is 23.4 Å². The Labute approximate surface area is 330 Å². The lowest BCUT2D eigenvalue weighted by molar-refractivity contribution is -0.138. The molecular weight excluding hydrogens is 748 g/mol. The van der Waals surface area contributed by atoms with Gasteiger partial charge in [0, 0.05) is 36.8 Å². The summed E-state index contributed by atoms with van der Waals surface area (Å²) in [5.74, 6) is -1.07. The maximum absolute atomic E-state index is 13.7. The van der Waals surface area contributed by atoms with Crippen molar-refractivity contribution in [3.8, 4) is 6.07 Å². The summed E-state index contributed by atoms with van der Waals surface area (Å²) in [6.07, 6.45) is 2.94. The van der Waals surface area contributed by atoms with Crippen molar-refractivity contribution in [3.63, 3.8) is 0 Å². The molecule has 1 aromatic carbocycles. The Kier molecular flexibility index (Phi) is 12.2. The molecule has 3 saturated heterocycles. The molecule has 4 fully saturated rings. The summed E-state index contributed by atoms with van der Waals surface area (Å²) in [5.41, 5.74) is -1.70. The second-order valence-corrected chi connectivity index (χ2v) is 16.4. The van der Waals surface area contributed by atoms with Crippen molar-refractivity contribution in [1.82, 2.24) is 20.1 Å². The summed E-state index contributed by atoms with van der Waals surface area (Å²) in [6, 6.07) is 9.63. The Morgan fingerprint density at radius 2 is 1.73 bits per heavy atom. The first-order valence-electron chi connectivity index (χ1n) is 19.2. The van der Waals surface area contributed by atoms with Gasteiger partial charge in [-0.3, -0.25) is 34.3 Å². The van der Waals surface area contributed by atoms with Crippen LogP contribution < -0.4 is 15.5 Å². The summed E-state index contributed by atoms with van der Waals surface area (Å²) in [6.45, 7) is 8.54. The van der Waals surface area contributed by atoms with Crippen molar-refractivity contribution in [3.05, 3.63) is 53.3 Å². The Morgan fingerprint density at radius 3 is 2.34 bits per heavy atom. The van der Waals surface area contributed by atoms with E-state index >= 15 is 0 Å². The minimum atomic E-state index is -4.82. The van der Waals surface area contributed by atoms with E-state index in [1.165, 1.54) is 6.07 Å². The number of thiocarbonyl (C=S) groups is 1. The van der Waals surface area contributed by atoms with E-state index in [2.05, 4.69) is 34.4 Å². The maximum Gasteiger partial charge on any atom is 0.419 e. The van der Waals surface area contributed by atoms with E-state index in [1.807, 2.05) is 17.0 Å². The molecule has 4 heterocycles. The average molecular weight is 796 g/mol. The number of hydrogen-bond acceptors (Lipinski definition) is 9. The molecule has 2 N–H and O–H groups in total. The first-order valence-corrected chi connectivity index (χ1v) is 19.6. The minimum absolute atomic E-state index is 0.0579. The van der Waals surface area contributed by atoms with Crippen LogP contribution in [0.4, 0.5) is 24.5 Å². The number of nitrogens with zero attached hydrogens (tertiary/aromatic N) is 5. The molecule has 4 atom stereocenters. The first kappa shape index (κ1) is 41.2. The van der Waals surface area contributed by atoms with Crippen LogP contribution in [-0.4, -0.2) is 86.4 Å². The van der Waals surface area contributed by atoms with Gasteiger partial charge in [-0.2, -0.15) is 18.4 Å². The molecule has 6 rings (SSSR count). The predicted molar refractivity (Wildman–Crippen MR) is 205 cm³/mol. The molecule has 0 spiro atoms. The number of carbonyl (C=O) groups is 4. The molecule has 1 saturated carbocycles. The number of benzene rings is 1. The normalized spacial score (nSPS) is 27.2. The van der Waals surface area contributed by atoms with E-state index in [0.717, 1.165) is 67.7 Å². The molecule has 4 amide bonds. The van der Waals surface area contributed by atoms with Gasteiger partial charge in [0.15, 0.2) is 10.8 Å². The number of piperidine rings is 2. The third kappa shape index (κ3) is 8.74. The Balaban J connectivity index is 0.942. The second-order valence-electron chi connectivity index (χ2n) is 16.0. The van der Waals surface area contributed by atoms with Crippen LogP contribution in [0, 0.1) is 17.2 Å². The lowest BCUT2D eigenvalue weighted by Crippen LogP contribution is -2.51. The zero-order chi connectivity index (χ0) is 40.5. The summed E-state index contributed by atoms with van der Waals surface area (Å²) in [5, 5.41) is 14.6. The molecule has 0 bridgehead atoms. The van der Waals surface area contributed by atoms with Gasteiger partial charge in [-0.15, -0.1) is 0 Å². The zero-order valence-corrected chi connectivity index (χ0v) is 32.8. The van der Waals surface area contributed by atoms with Gasteiger partial charge >= 0.3 is 6.18 Å². The largest absolute Gasteiger partial charge is 0.419 e. The number of aromatic nitrogens is 1. The number of alkyl halides is 3. The fraction of sp³-hybridized carbons (Fsp3) is 0.575. The van der Waals surface area contributed by atoms with Crippen LogP contribution in [0.2, 0.25) is 0 Å². The maximum atomic E-state index is 13.7. The van der Waals surface area contributed by atoms with Crippen molar-refractivity contribution in [1.29, 1.82) is 5.26 Å². The van der Waals surface area contributed by atoms with Crippen LogP contribution in [-0.2, 0) is 30.1 Å². The quantitative estimate of drug-likeness (QED) is 0.215. The van der Waals surface area contributed by atoms with E-state index in [4.69, 9.17) is 22.2 Å². The molecule has 2 unspecified atom stereocenters. The van der Waals surface area contributed by atoms with Gasteiger partial charge in [0.25, 0.3) is 5.91 Å². The van der Waals surface area contributed by atoms with Crippen LogP contribution in [0.5, 0.6) is 0 Å². The highest BCUT2D eigenvalue weighted by Crippen LogP contribution is 2.41. The van der Waals surface area contributed by atoms with Crippen LogP contribution >= 0.6 is 12.2 Å². The fourth-order valence-electron chi connectivity index (χ4n) is 8.81. The lowest BCUT2D eigenvalue weighted by atomic mass is 9.82. The monoisotopic (exact) mass is 795 g/mol. The average Bonchev–Trinajstić information content (AvgIpc) is 3.32. The van der Waals surface area contributed by atoms with Gasteiger partial charge in [-0.05, 0) is 121 Å². The van der Waals surface area contributed by atoms with E-state index in [1.54, 1.807) is 26.0 Å². The van der Waals surface area contributed by atoms with Crippen molar-refractivity contribution in [2.45, 2.75) is 127 Å². The lowest BCUT2D eigenvalue weighted by Gasteiger charge is -2.42. The van der Waals surface area contributed by atoms with Crippen molar-refractivity contribution < 1.29 is 37.1 Å². The number of ether oxygens (including phenoxy) is 1. The van der Waals surface area contributed by atoms with Gasteiger partial charge < -0.3 is 15.0 Å². The zero-order valence-electron chi connectivity index (χ0n) is 32.0. The number of rotatable bonds is 10. The molecular formula is C40H48F3N7O5S. The number of hydrogen-bond donors (Lipinski definition) is 2. The number of halogens is 3. The highest BCUT2D eigenvalue weighted by molar-refractivity contribution is 7.80. The first-order chi connectivity index (χ1) is 26.5. The van der Waals surface area contributed by atoms with Crippen LogP contribution in [0.25, 0.3) is 0 Å². The molecule has 1 aromatic heterocycles. The van der Waals surface area contributed by atoms with Gasteiger partial charge in [0.2, 0.25) is 17.7 Å². The number of imide groups is 1. The number of pyridine rings is 1. The number of nitriles is 1. The van der Waals surface area contributed by atoms with Crippen LogP contribution in [0.15, 0.2) is 36.5 Å². The summed E-state index contributed by atoms with van der Waals surface area (Å²) in [7, 11) is 0. The van der Waals surface area contributed by atoms with E-state index in [0.29, 0.717) is 31.1 Å². The molecule has 0 radical (unpaired) electrons. The Morgan fingerprint density at radius 1 is 1.07 bits per heavy atom. The fourth-order valence-corrected chi connectivity index (χ4v) is 9.38. The molecule has 300 valence electrons. The Hall–Kier alpha value is -4.46. The molecule has 56 heavy (non-hydrogen) atoms. The van der Waals surface area contributed by atoms with E-state index in [9.17, 15) is 32.3 Å². The van der Waals surface area contributed by atoms with E-state index < -0.39 is 28.9 Å². The molecule has 3 aliphatic heterocycles. The highest BCUT2D eigenvalue weighted by Gasteiger charge is 2.53. The predicted octanol–water partition coefficient (Wildman–Crippen LogP) is 6.05. The molecule has 4 aliphatic rings. The second kappa shape index (κ2) is 16.6. The number of amides is 4. The minimum Gasteiger partial charge on any atom is -0.378 e. The SMILES string of the molecule is C[C@@H]1CC(OCCC2CCC(N3C(=S)N(c4cnc(C#N)c(C(F)(F)F)c4)C(=O)C3(C)C)CC2)C[C@H](C)N1CC(=O)Nc1ccc(C2CCC(=O)NC2=O)cc1. The van der Waals surface area contributed by atoms with Crippen molar-refractivity contribution >= 4 is 52.3 Å². The highest BCUT2D eigenvalue weighted by atomic mass is 32.1. The molecule has 16 heteroatoms. The molecule has 1 aliphatic carbocycles. The smallest absolute Gasteiger partial charge is 0.378 e. The summed E-state index contributed by atoms with van der Waals surface area (Å²) >= 11 is 5.72. The third-order valence-electron chi connectivity index (χ3n) is 11.8. The number of anilines is 2. The summed E-state index contributed by atoms with van der Waals surface area (Å²) in [4.78, 5) is 59.2. The van der Waals surface area contributed by atoms with Crippen molar-refractivity contribution in [2.24, 2.45) is 5.92 Å². The van der Waals surface area contributed by atoms with Gasteiger partial charge in [0.1, 0.15) is 11.6 Å². The topological polar surface area (TPSA) is 148 Å². The number of likely N-dealkylation sites (tertiary alicyclic amines) is 1. The van der Waals surface area contributed by atoms with Gasteiger partial charge in [-0.1, -0.05) is 12.1 Å². The number of carbonyl (C=O) groups excluding carboxylic acids is 4. The molecule has 12 nitrogen and oxygen atoms in total. The van der Waals surface area contributed by atoms with E-state index in [-0.39, 0.29) is 65.2 Å². The third-order valence-corrected chi connectivity index (χ3v) is 12.2. The summed E-state index contributed by atoms with van der Waals surface area (Å²) < 4.78 is 47.5. The standard InChI is InChI=1S/C40H48F3N7O5S/c1-23-17-30(18-24(2)48(23)22-35(52)46-27-9-7-26(8-10-27)31-13-14-34(51)47-36(31)53)55-16-15-25-5-11-28(12-6-25)50-38(56)49(37(54)39(50,3)4)29-19-32(40(41,42)43)33(20-44)45-21-29/h7-10,19,21,23-25,28,30-31H,5-6,11-18,22H2,1-4H3,(H,46,52)(H,47,51,53)/t23-,24+,25?,28?,30?,31?. The van der Waals surface area contributed by atoms with Gasteiger partial charge in [-0.25, -0.2) is 4.98 Å². The number of nitrogens with one attached hydrogen (secondary N) is 2. The van der Waals surface area contributed by atoms with Gasteiger partial charge in [0.05, 0.1) is 36.0 Å². The van der Waals surface area contributed by atoms with Crippen LogP contribution in [0.3, 0.4) is 0 Å². The molecule has 2 aromatic rings. The Bertz CT molecular complexity index is 1880.